The Morgan fingerprint density at radius 1 is 1.32 bits per heavy atom. The van der Waals surface area contributed by atoms with Crippen molar-refractivity contribution in [2.45, 2.75) is 32.7 Å². The van der Waals surface area contributed by atoms with E-state index in [1.807, 2.05) is 0 Å². The van der Waals surface area contributed by atoms with Gasteiger partial charge in [0.1, 0.15) is 0 Å². The number of carbonyl (C=O) groups excluding carboxylic acids is 1. The highest BCUT2D eigenvalue weighted by Crippen LogP contribution is 2.27. The van der Waals surface area contributed by atoms with Crippen LogP contribution in [0.15, 0.2) is 18.2 Å². The summed E-state index contributed by atoms with van der Waals surface area (Å²) in [5.41, 5.74) is 0.244. The summed E-state index contributed by atoms with van der Waals surface area (Å²) in [4.78, 5) is 14.2. The molecule has 0 atom stereocenters. The standard InChI is InChI=1S/C15H19F2NO/c1-10(2)8-18(12-4-5-12)9-15(19)11-3-6-13(16)14(17)7-11/h3,6-7,10,12H,4-5,8-9H2,1-2H3. The molecule has 1 aliphatic rings. The molecule has 19 heavy (non-hydrogen) atoms. The molecule has 1 saturated carbocycles. The first-order valence-electron chi connectivity index (χ1n) is 6.69. The van der Waals surface area contributed by atoms with E-state index in [0.29, 0.717) is 12.0 Å². The highest BCUT2D eigenvalue weighted by atomic mass is 19.2. The first-order chi connectivity index (χ1) is 8.97. The third-order valence-electron chi connectivity index (χ3n) is 3.25. The summed E-state index contributed by atoms with van der Waals surface area (Å²) in [6.07, 6.45) is 2.25. The van der Waals surface area contributed by atoms with Gasteiger partial charge in [0, 0.05) is 18.2 Å². The molecule has 0 unspecified atom stereocenters. The van der Waals surface area contributed by atoms with Crippen molar-refractivity contribution in [1.29, 1.82) is 0 Å². The first-order valence-corrected chi connectivity index (χ1v) is 6.69. The van der Waals surface area contributed by atoms with E-state index < -0.39 is 11.6 Å². The zero-order chi connectivity index (χ0) is 14.0. The quantitative estimate of drug-likeness (QED) is 0.737. The van der Waals surface area contributed by atoms with Gasteiger partial charge in [0.15, 0.2) is 17.4 Å². The summed E-state index contributed by atoms with van der Waals surface area (Å²) in [5.74, 6) is -1.55. The maximum absolute atomic E-state index is 13.1. The van der Waals surface area contributed by atoms with Crippen molar-refractivity contribution in [2.24, 2.45) is 5.92 Å². The molecule has 0 saturated heterocycles. The van der Waals surface area contributed by atoms with Crippen LogP contribution < -0.4 is 0 Å². The zero-order valence-electron chi connectivity index (χ0n) is 11.3. The molecule has 0 amide bonds. The molecule has 0 radical (unpaired) electrons. The molecule has 2 rings (SSSR count). The normalized spacial score (nSPS) is 15.3. The average Bonchev–Trinajstić information content (AvgIpc) is 3.15. The number of carbonyl (C=O) groups is 1. The fourth-order valence-corrected chi connectivity index (χ4v) is 2.20. The number of hydrogen-bond acceptors (Lipinski definition) is 2. The van der Waals surface area contributed by atoms with Crippen LogP contribution in [0.4, 0.5) is 8.78 Å². The van der Waals surface area contributed by atoms with Gasteiger partial charge in [-0.2, -0.15) is 0 Å². The van der Waals surface area contributed by atoms with Crippen molar-refractivity contribution in [3.05, 3.63) is 35.4 Å². The minimum atomic E-state index is -0.965. The lowest BCUT2D eigenvalue weighted by molar-refractivity contribution is 0.0915. The minimum Gasteiger partial charge on any atom is -0.293 e. The van der Waals surface area contributed by atoms with E-state index in [4.69, 9.17) is 0 Å². The molecule has 104 valence electrons. The van der Waals surface area contributed by atoms with E-state index in [2.05, 4.69) is 18.7 Å². The number of hydrogen-bond donors (Lipinski definition) is 0. The van der Waals surface area contributed by atoms with Gasteiger partial charge in [-0.05, 0) is 37.0 Å². The van der Waals surface area contributed by atoms with Crippen LogP contribution in [0.5, 0.6) is 0 Å². The van der Waals surface area contributed by atoms with Gasteiger partial charge in [-0.15, -0.1) is 0 Å². The molecule has 1 fully saturated rings. The number of benzene rings is 1. The number of halogens is 2. The van der Waals surface area contributed by atoms with Crippen molar-refractivity contribution in [1.82, 2.24) is 4.90 Å². The van der Waals surface area contributed by atoms with Crippen LogP contribution in [-0.2, 0) is 0 Å². The molecular formula is C15H19F2NO. The zero-order valence-corrected chi connectivity index (χ0v) is 11.3. The summed E-state index contributed by atoms with van der Waals surface area (Å²) < 4.78 is 26.0. The van der Waals surface area contributed by atoms with Gasteiger partial charge in [0.05, 0.1) is 6.54 Å². The lowest BCUT2D eigenvalue weighted by Crippen LogP contribution is -2.35. The van der Waals surface area contributed by atoms with Gasteiger partial charge in [-0.1, -0.05) is 13.8 Å². The molecule has 0 heterocycles. The Morgan fingerprint density at radius 2 is 2.00 bits per heavy atom. The SMILES string of the molecule is CC(C)CN(CC(=O)c1ccc(F)c(F)c1)C1CC1. The van der Waals surface area contributed by atoms with E-state index in [1.54, 1.807) is 0 Å². The molecule has 2 nitrogen and oxygen atoms in total. The molecule has 1 aromatic rings. The second kappa shape index (κ2) is 5.78. The van der Waals surface area contributed by atoms with Gasteiger partial charge in [0.25, 0.3) is 0 Å². The summed E-state index contributed by atoms with van der Waals surface area (Å²) in [5, 5.41) is 0. The predicted octanol–water partition coefficient (Wildman–Crippen LogP) is 3.27. The topological polar surface area (TPSA) is 20.3 Å². The smallest absolute Gasteiger partial charge is 0.176 e. The lowest BCUT2D eigenvalue weighted by atomic mass is 10.1. The fraction of sp³-hybridized carbons (Fsp3) is 0.533. The molecular weight excluding hydrogens is 248 g/mol. The summed E-state index contributed by atoms with van der Waals surface area (Å²) in [7, 11) is 0. The average molecular weight is 267 g/mol. The van der Waals surface area contributed by atoms with Crippen molar-refractivity contribution in [2.75, 3.05) is 13.1 Å². The fourth-order valence-electron chi connectivity index (χ4n) is 2.20. The Labute approximate surface area is 112 Å². The Bertz CT molecular complexity index is 469. The van der Waals surface area contributed by atoms with E-state index >= 15 is 0 Å². The van der Waals surface area contributed by atoms with Crippen molar-refractivity contribution in [3.8, 4) is 0 Å². The van der Waals surface area contributed by atoms with Crippen LogP contribution in [0.2, 0.25) is 0 Å². The molecule has 0 N–H and O–H groups in total. The monoisotopic (exact) mass is 267 g/mol. The molecule has 1 aromatic carbocycles. The highest BCUT2D eigenvalue weighted by molar-refractivity contribution is 5.97. The maximum atomic E-state index is 13.1. The second-order valence-corrected chi connectivity index (χ2v) is 5.61. The molecule has 0 aromatic heterocycles. The van der Waals surface area contributed by atoms with E-state index in [-0.39, 0.29) is 17.9 Å². The molecule has 0 bridgehead atoms. The largest absolute Gasteiger partial charge is 0.293 e. The Kier molecular flexibility index (Phi) is 4.30. The Hall–Kier alpha value is -1.29. The van der Waals surface area contributed by atoms with E-state index in [9.17, 15) is 13.6 Å². The highest BCUT2D eigenvalue weighted by Gasteiger charge is 2.30. The van der Waals surface area contributed by atoms with Crippen LogP contribution in [0.1, 0.15) is 37.0 Å². The Balaban J connectivity index is 2.03. The minimum absolute atomic E-state index is 0.147. The van der Waals surface area contributed by atoms with Crippen LogP contribution in [0.3, 0.4) is 0 Å². The lowest BCUT2D eigenvalue weighted by Gasteiger charge is -2.23. The molecule has 1 aliphatic carbocycles. The summed E-state index contributed by atoms with van der Waals surface area (Å²) >= 11 is 0. The number of rotatable bonds is 6. The van der Waals surface area contributed by atoms with Gasteiger partial charge in [-0.3, -0.25) is 9.69 Å². The van der Waals surface area contributed by atoms with Crippen LogP contribution in [-0.4, -0.2) is 29.8 Å². The number of Topliss-reactive ketones (excluding diaryl/α,β-unsaturated/α-hetero) is 1. The van der Waals surface area contributed by atoms with Crippen molar-refractivity contribution in [3.63, 3.8) is 0 Å². The van der Waals surface area contributed by atoms with Crippen LogP contribution in [0, 0.1) is 17.6 Å². The Morgan fingerprint density at radius 3 is 2.53 bits per heavy atom. The number of ketones is 1. The third kappa shape index (κ3) is 3.83. The summed E-state index contributed by atoms with van der Waals surface area (Å²) in [6.45, 7) is 5.36. The molecule has 0 spiro atoms. The third-order valence-corrected chi connectivity index (χ3v) is 3.25. The van der Waals surface area contributed by atoms with Gasteiger partial charge >= 0.3 is 0 Å². The summed E-state index contributed by atoms with van der Waals surface area (Å²) in [6, 6.07) is 3.82. The van der Waals surface area contributed by atoms with Gasteiger partial charge in [-0.25, -0.2) is 8.78 Å². The van der Waals surface area contributed by atoms with Crippen molar-refractivity contribution >= 4 is 5.78 Å². The van der Waals surface area contributed by atoms with Gasteiger partial charge in [0.2, 0.25) is 0 Å². The van der Waals surface area contributed by atoms with E-state index in [1.165, 1.54) is 6.07 Å². The van der Waals surface area contributed by atoms with Gasteiger partial charge < -0.3 is 0 Å². The maximum Gasteiger partial charge on any atom is 0.176 e. The first kappa shape index (κ1) is 14.1. The van der Waals surface area contributed by atoms with Crippen molar-refractivity contribution < 1.29 is 13.6 Å². The number of nitrogens with zero attached hydrogens (tertiary/aromatic N) is 1. The molecule has 4 heteroatoms. The second-order valence-electron chi connectivity index (χ2n) is 5.61. The van der Waals surface area contributed by atoms with Crippen LogP contribution >= 0.6 is 0 Å². The predicted molar refractivity (Wildman–Crippen MR) is 70.1 cm³/mol. The van der Waals surface area contributed by atoms with Crippen LogP contribution in [0.25, 0.3) is 0 Å². The van der Waals surface area contributed by atoms with E-state index in [0.717, 1.165) is 31.5 Å². The molecule has 0 aliphatic heterocycles.